The van der Waals surface area contributed by atoms with Crippen LogP contribution in [0.5, 0.6) is 5.75 Å². The van der Waals surface area contributed by atoms with Crippen LogP contribution in [0.25, 0.3) is 10.9 Å². The van der Waals surface area contributed by atoms with Crippen molar-refractivity contribution in [1.29, 1.82) is 0 Å². The van der Waals surface area contributed by atoms with Gasteiger partial charge in [-0.3, -0.25) is 0 Å². The number of amides is 2. The van der Waals surface area contributed by atoms with E-state index in [0.29, 0.717) is 18.8 Å². The molecule has 2 heterocycles. The molecule has 3 aromatic carbocycles. The van der Waals surface area contributed by atoms with E-state index < -0.39 is 0 Å². The molecule has 0 saturated carbocycles. The number of ether oxygens (including phenoxy) is 1. The first-order valence-corrected chi connectivity index (χ1v) is 10.8. The number of hydrogen-bond donors (Lipinski definition) is 2. The second-order valence-corrected chi connectivity index (χ2v) is 7.85. The third kappa shape index (κ3) is 3.68. The van der Waals surface area contributed by atoms with Crippen LogP contribution in [0.3, 0.4) is 0 Å². The zero-order chi connectivity index (χ0) is 22.1. The predicted molar refractivity (Wildman–Crippen MR) is 124 cm³/mol. The number of halogens is 1. The van der Waals surface area contributed by atoms with E-state index in [2.05, 4.69) is 16.4 Å². The number of rotatable bonds is 4. The zero-order valence-electron chi connectivity index (χ0n) is 17.8. The van der Waals surface area contributed by atoms with E-state index in [9.17, 15) is 9.18 Å². The molecule has 32 heavy (non-hydrogen) atoms. The van der Waals surface area contributed by atoms with Gasteiger partial charge in [-0.2, -0.15) is 0 Å². The molecule has 0 bridgehead atoms. The Labute approximate surface area is 185 Å². The Balaban J connectivity index is 1.50. The Morgan fingerprint density at radius 1 is 1.09 bits per heavy atom. The molecule has 5 nitrogen and oxygen atoms in total. The van der Waals surface area contributed by atoms with Gasteiger partial charge in [-0.15, -0.1) is 0 Å². The summed E-state index contributed by atoms with van der Waals surface area (Å²) in [6.45, 7) is 3.07. The van der Waals surface area contributed by atoms with Gasteiger partial charge >= 0.3 is 6.03 Å². The molecule has 6 heteroatoms. The van der Waals surface area contributed by atoms with Crippen molar-refractivity contribution >= 4 is 22.6 Å². The van der Waals surface area contributed by atoms with Crippen LogP contribution in [-0.4, -0.2) is 29.1 Å². The van der Waals surface area contributed by atoms with Gasteiger partial charge in [-0.1, -0.05) is 30.3 Å². The van der Waals surface area contributed by atoms with Crippen LogP contribution in [-0.2, 0) is 6.42 Å². The molecule has 1 aliphatic heterocycles. The van der Waals surface area contributed by atoms with Gasteiger partial charge in [0.1, 0.15) is 11.6 Å². The minimum Gasteiger partial charge on any atom is -0.494 e. The van der Waals surface area contributed by atoms with Gasteiger partial charge in [-0.05, 0) is 66.9 Å². The van der Waals surface area contributed by atoms with Crippen LogP contribution in [0.1, 0.15) is 29.8 Å². The summed E-state index contributed by atoms with van der Waals surface area (Å²) in [4.78, 5) is 18.7. The van der Waals surface area contributed by atoms with E-state index in [1.807, 2.05) is 49.4 Å². The summed E-state index contributed by atoms with van der Waals surface area (Å²) in [6, 6.07) is 21.3. The Bertz CT molecular complexity index is 1250. The normalized spacial score (nSPS) is 15.4. The maximum Gasteiger partial charge on any atom is 0.322 e. The molecule has 5 rings (SSSR count). The van der Waals surface area contributed by atoms with Crippen molar-refractivity contribution in [3.05, 3.63) is 95.4 Å². The summed E-state index contributed by atoms with van der Waals surface area (Å²) >= 11 is 0. The highest BCUT2D eigenvalue weighted by Crippen LogP contribution is 2.38. The van der Waals surface area contributed by atoms with Gasteiger partial charge in [0, 0.05) is 28.8 Å². The molecule has 162 valence electrons. The number of carbonyl (C=O) groups is 1. The van der Waals surface area contributed by atoms with E-state index in [1.54, 1.807) is 17.0 Å². The van der Waals surface area contributed by atoms with Crippen molar-refractivity contribution in [1.82, 2.24) is 9.88 Å². The minimum absolute atomic E-state index is 0.201. The van der Waals surface area contributed by atoms with Crippen LogP contribution < -0.4 is 10.1 Å². The summed E-state index contributed by atoms with van der Waals surface area (Å²) in [6.07, 6.45) is 0.744. The third-order valence-corrected chi connectivity index (χ3v) is 5.90. The van der Waals surface area contributed by atoms with Gasteiger partial charge in [0.2, 0.25) is 0 Å². The zero-order valence-corrected chi connectivity index (χ0v) is 17.8. The number of para-hydroxylation sites is 1. The highest BCUT2D eigenvalue weighted by atomic mass is 19.1. The molecule has 0 radical (unpaired) electrons. The lowest BCUT2D eigenvalue weighted by molar-refractivity contribution is 0.193. The maximum absolute atomic E-state index is 13.6. The largest absolute Gasteiger partial charge is 0.494 e. The summed E-state index contributed by atoms with van der Waals surface area (Å²) < 4.78 is 19.1. The second kappa shape index (κ2) is 8.38. The summed E-state index contributed by atoms with van der Waals surface area (Å²) in [5, 5.41) is 4.17. The lowest BCUT2D eigenvalue weighted by atomic mass is 9.92. The molecule has 0 aliphatic carbocycles. The topological polar surface area (TPSA) is 57.4 Å². The quantitative estimate of drug-likeness (QED) is 0.425. The number of H-pyrrole nitrogens is 1. The average Bonchev–Trinajstić information content (AvgIpc) is 3.19. The fraction of sp³-hybridized carbons (Fsp3) is 0.192. The van der Waals surface area contributed by atoms with Crippen molar-refractivity contribution in [2.45, 2.75) is 19.4 Å². The average molecular weight is 429 g/mol. The Kier molecular flexibility index (Phi) is 5.27. The van der Waals surface area contributed by atoms with Crippen molar-refractivity contribution in [2.75, 3.05) is 18.5 Å². The Hall–Kier alpha value is -3.80. The molecular weight excluding hydrogens is 405 g/mol. The van der Waals surface area contributed by atoms with E-state index >= 15 is 0 Å². The smallest absolute Gasteiger partial charge is 0.322 e. The SMILES string of the molecule is CCOc1ccc(NC(=O)N2CCc3c([nH]c4ccccc34)C2c2ccc(F)cc2)cc1. The number of anilines is 1. The molecule has 1 atom stereocenters. The molecule has 2 N–H and O–H groups in total. The second-order valence-electron chi connectivity index (χ2n) is 7.85. The van der Waals surface area contributed by atoms with Gasteiger partial charge in [-0.25, -0.2) is 9.18 Å². The monoisotopic (exact) mass is 429 g/mol. The van der Waals surface area contributed by atoms with Crippen molar-refractivity contribution in [3.8, 4) is 5.75 Å². The summed E-state index contributed by atoms with van der Waals surface area (Å²) in [7, 11) is 0. The standard InChI is InChI=1S/C26H24FN3O2/c1-2-32-20-13-11-19(12-14-20)28-26(31)30-16-15-22-21-5-3-4-6-23(21)29-24(22)25(30)17-7-9-18(27)10-8-17/h3-14,25,29H,2,15-16H2,1H3,(H,28,31). The number of nitrogens with zero attached hydrogens (tertiary/aromatic N) is 1. The molecular formula is C26H24FN3O2. The van der Waals surface area contributed by atoms with Crippen LogP contribution >= 0.6 is 0 Å². The first-order valence-electron chi connectivity index (χ1n) is 10.8. The number of aromatic amines is 1. The summed E-state index contributed by atoms with van der Waals surface area (Å²) in [5.41, 5.74) is 4.78. The van der Waals surface area contributed by atoms with Crippen LogP contribution in [0.4, 0.5) is 14.9 Å². The molecule has 0 saturated heterocycles. The first-order chi connectivity index (χ1) is 15.6. The predicted octanol–water partition coefficient (Wildman–Crippen LogP) is 5.89. The van der Waals surface area contributed by atoms with Crippen molar-refractivity contribution < 1.29 is 13.9 Å². The minimum atomic E-state index is -0.338. The van der Waals surface area contributed by atoms with E-state index in [0.717, 1.165) is 28.9 Å². The number of fused-ring (bicyclic) bond motifs is 3. The lowest BCUT2D eigenvalue weighted by Gasteiger charge is -2.36. The molecule has 0 spiro atoms. The highest BCUT2D eigenvalue weighted by molar-refractivity contribution is 5.91. The molecule has 0 fully saturated rings. The fourth-order valence-corrected chi connectivity index (χ4v) is 4.45. The lowest BCUT2D eigenvalue weighted by Crippen LogP contribution is -2.43. The summed E-state index contributed by atoms with van der Waals surface area (Å²) in [5.74, 6) is 0.460. The molecule has 1 aliphatic rings. The van der Waals surface area contributed by atoms with Crippen LogP contribution in [0.2, 0.25) is 0 Å². The van der Waals surface area contributed by atoms with Crippen molar-refractivity contribution in [3.63, 3.8) is 0 Å². The number of benzene rings is 3. The number of hydrogen-bond acceptors (Lipinski definition) is 2. The Morgan fingerprint density at radius 3 is 2.59 bits per heavy atom. The fourth-order valence-electron chi connectivity index (χ4n) is 4.45. The van der Waals surface area contributed by atoms with Crippen LogP contribution in [0.15, 0.2) is 72.8 Å². The number of aromatic nitrogens is 1. The molecule has 4 aromatic rings. The Morgan fingerprint density at radius 2 is 1.84 bits per heavy atom. The number of carbonyl (C=O) groups excluding carboxylic acids is 1. The van der Waals surface area contributed by atoms with Crippen molar-refractivity contribution in [2.24, 2.45) is 0 Å². The molecule has 1 aromatic heterocycles. The first kappa shape index (κ1) is 20.1. The highest BCUT2D eigenvalue weighted by Gasteiger charge is 2.34. The number of nitrogens with one attached hydrogen (secondary N) is 2. The van der Waals surface area contributed by atoms with E-state index in [1.165, 1.54) is 23.1 Å². The van der Waals surface area contributed by atoms with E-state index in [-0.39, 0.29) is 17.9 Å². The maximum atomic E-state index is 13.6. The van der Waals surface area contributed by atoms with Gasteiger partial charge < -0.3 is 19.9 Å². The number of urea groups is 1. The van der Waals surface area contributed by atoms with Gasteiger partial charge in [0.15, 0.2) is 0 Å². The molecule has 1 unspecified atom stereocenters. The third-order valence-electron chi connectivity index (χ3n) is 5.90. The van der Waals surface area contributed by atoms with Gasteiger partial charge in [0.25, 0.3) is 0 Å². The van der Waals surface area contributed by atoms with Gasteiger partial charge in [0.05, 0.1) is 12.6 Å². The van der Waals surface area contributed by atoms with Crippen LogP contribution in [0, 0.1) is 5.82 Å². The molecule has 2 amide bonds. The van der Waals surface area contributed by atoms with E-state index in [4.69, 9.17) is 4.74 Å².